The van der Waals surface area contributed by atoms with Crippen molar-refractivity contribution in [2.24, 2.45) is 0 Å². The highest BCUT2D eigenvalue weighted by Crippen LogP contribution is 2.30. The molecule has 0 bridgehead atoms. The highest BCUT2D eigenvalue weighted by molar-refractivity contribution is 7.89. The zero-order valence-corrected chi connectivity index (χ0v) is 21.2. The second-order valence-corrected chi connectivity index (χ2v) is 11.2. The number of sulfonamides is 1. The van der Waals surface area contributed by atoms with Crippen LogP contribution in [0.25, 0.3) is 0 Å². The number of nitrogens with one attached hydrogen (secondary N) is 1. The van der Waals surface area contributed by atoms with E-state index in [0.29, 0.717) is 43.6 Å². The van der Waals surface area contributed by atoms with Crippen LogP contribution in [0.15, 0.2) is 77.7 Å². The molecule has 0 aromatic heterocycles. The molecule has 8 heteroatoms. The second kappa shape index (κ2) is 10.5. The van der Waals surface area contributed by atoms with E-state index in [1.165, 1.54) is 27.6 Å². The summed E-state index contributed by atoms with van der Waals surface area (Å²) in [6.45, 7) is 5.58. The third-order valence-electron chi connectivity index (χ3n) is 7.04. The van der Waals surface area contributed by atoms with Gasteiger partial charge in [-0.3, -0.25) is 9.69 Å². The highest BCUT2D eigenvalue weighted by atomic mass is 32.2. The van der Waals surface area contributed by atoms with Crippen LogP contribution in [0.2, 0.25) is 0 Å². The lowest BCUT2D eigenvalue weighted by molar-refractivity contribution is 0.0730. The summed E-state index contributed by atoms with van der Waals surface area (Å²) in [6, 6.07) is 23.0. The molecule has 36 heavy (non-hydrogen) atoms. The minimum atomic E-state index is -3.56. The Hall–Kier alpha value is -3.04. The van der Waals surface area contributed by atoms with Crippen LogP contribution in [0.5, 0.6) is 0 Å². The molecule has 188 valence electrons. The first-order valence-corrected chi connectivity index (χ1v) is 13.8. The molecule has 3 aromatic carbocycles. The van der Waals surface area contributed by atoms with Crippen molar-refractivity contribution >= 4 is 21.6 Å². The Bertz CT molecular complexity index is 1320. The Morgan fingerprint density at radius 2 is 1.64 bits per heavy atom. The van der Waals surface area contributed by atoms with Gasteiger partial charge in [-0.2, -0.15) is 4.31 Å². The number of carbonyl (C=O) groups excluding carboxylic acids is 1. The first-order chi connectivity index (χ1) is 17.4. The van der Waals surface area contributed by atoms with Gasteiger partial charge in [0.1, 0.15) is 0 Å². The average Bonchev–Trinajstić information content (AvgIpc) is 2.91. The topological polar surface area (TPSA) is 79.0 Å². The van der Waals surface area contributed by atoms with Crippen LogP contribution in [0, 0.1) is 0 Å². The number of fused-ring (bicyclic) bond motifs is 1. The Morgan fingerprint density at radius 3 is 2.36 bits per heavy atom. The van der Waals surface area contributed by atoms with Crippen LogP contribution in [0.4, 0.5) is 5.69 Å². The molecule has 1 amide bonds. The summed E-state index contributed by atoms with van der Waals surface area (Å²) in [6.07, 6.45) is 1.05. The van der Waals surface area contributed by atoms with Crippen molar-refractivity contribution in [3.05, 3.63) is 95.1 Å². The lowest BCUT2D eigenvalue weighted by Gasteiger charge is -2.35. The van der Waals surface area contributed by atoms with Gasteiger partial charge in [-0.15, -0.1) is 0 Å². The third-order valence-corrected chi connectivity index (χ3v) is 8.96. The molecular weight excluding hydrogens is 474 g/mol. The van der Waals surface area contributed by atoms with Gasteiger partial charge in [0.2, 0.25) is 10.0 Å². The summed E-state index contributed by atoms with van der Waals surface area (Å²) in [4.78, 5) is 15.4. The monoisotopic (exact) mass is 505 g/mol. The first kappa shape index (κ1) is 24.6. The highest BCUT2D eigenvalue weighted by Gasteiger charge is 2.26. The normalized spacial score (nSPS) is 19.0. The molecule has 1 fully saturated rings. The van der Waals surface area contributed by atoms with E-state index < -0.39 is 10.0 Å². The van der Waals surface area contributed by atoms with Gasteiger partial charge in [0.15, 0.2) is 0 Å². The Morgan fingerprint density at radius 1 is 0.944 bits per heavy atom. The summed E-state index contributed by atoms with van der Waals surface area (Å²) in [5.74, 6) is -0.231. The van der Waals surface area contributed by atoms with Gasteiger partial charge in [-0.25, -0.2) is 8.42 Å². The Balaban J connectivity index is 1.20. The zero-order valence-electron chi connectivity index (χ0n) is 20.4. The van der Waals surface area contributed by atoms with E-state index in [9.17, 15) is 13.2 Å². The van der Waals surface area contributed by atoms with Crippen molar-refractivity contribution in [1.29, 1.82) is 0 Å². The third kappa shape index (κ3) is 5.22. The summed E-state index contributed by atoms with van der Waals surface area (Å²) in [5.41, 5.74) is 5.09. The lowest BCUT2D eigenvalue weighted by atomic mass is 9.93. The van der Waals surface area contributed by atoms with Crippen LogP contribution in [0.3, 0.4) is 0 Å². The van der Waals surface area contributed by atoms with Gasteiger partial charge in [0.25, 0.3) is 5.91 Å². The maximum absolute atomic E-state index is 12.8. The maximum Gasteiger partial charge on any atom is 0.255 e. The van der Waals surface area contributed by atoms with Crippen molar-refractivity contribution in [3.8, 4) is 0 Å². The van der Waals surface area contributed by atoms with Crippen molar-refractivity contribution in [3.63, 3.8) is 0 Å². The molecule has 2 heterocycles. The largest absolute Gasteiger partial charge is 0.379 e. The van der Waals surface area contributed by atoms with Crippen molar-refractivity contribution in [1.82, 2.24) is 9.21 Å². The Labute approximate surface area is 212 Å². The number of ether oxygens (including phenoxy) is 1. The standard InChI is InChI=1S/C28H31N3O4S/c1-21-27-5-3-2-4-23(27)14-15-30(21)20-22-6-8-24(9-7-22)28(32)29-25-10-12-26(13-11-25)36(33,34)31-16-18-35-19-17-31/h2-13,21H,14-20H2,1H3,(H,29,32). The summed E-state index contributed by atoms with van der Waals surface area (Å²) in [5, 5.41) is 2.86. The van der Waals surface area contributed by atoms with E-state index in [2.05, 4.69) is 41.4 Å². The molecule has 1 unspecified atom stereocenters. The molecule has 1 N–H and O–H groups in total. The van der Waals surface area contributed by atoms with E-state index in [1.54, 1.807) is 12.1 Å². The van der Waals surface area contributed by atoms with Gasteiger partial charge in [-0.1, -0.05) is 36.4 Å². The summed E-state index contributed by atoms with van der Waals surface area (Å²) in [7, 11) is -3.56. The lowest BCUT2D eigenvalue weighted by Crippen LogP contribution is -2.40. The number of carbonyl (C=O) groups is 1. The SMILES string of the molecule is CC1c2ccccc2CCN1Cc1ccc(C(=O)Nc2ccc(S(=O)(=O)N3CCOCC3)cc2)cc1. The molecule has 0 saturated carbocycles. The number of morpholine rings is 1. The van der Waals surface area contributed by atoms with Gasteiger partial charge >= 0.3 is 0 Å². The van der Waals surface area contributed by atoms with E-state index in [4.69, 9.17) is 4.74 Å². The van der Waals surface area contributed by atoms with Crippen molar-refractivity contribution in [2.45, 2.75) is 30.8 Å². The number of nitrogens with zero attached hydrogens (tertiary/aromatic N) is 2. The average molecular weight is 506 g/mol. The smallest absolute Gasteiger partial charge is 0.255 e. The number of anilines is 1. The number of hydrogen-bond donors (Lipinski definition) is 1. The number of hydrogen-bond acceptors (Lipinski definition) is 5. The molecule has 2 aliphatic rings. The van der Waals surface area contributed by atoms with E-state index in [1.807, 2.05) is 24.3 Å². The van der Waals surface area contributed by atoms with Crippen LogP contribution in [-0.2, 0) is 27.7 Å². The summed E-state index contributed by atoms with van der Waals surface area (Å²) < 4.78 is 32.2. The molecule has 0 radical (unpaired) electrons. The second-order valence-electron chi connectivity index (χ2n) is 9.29. The van der Waals surface area contributed by atoms with Gasteiger partial charge in [0, 0.05) is 43.5 Å². The molecular formula is C28H31N3O4S. The predicted molar refractivity (Wildman–Crippen MR) is 139 cm³/mol. The fraction of sp³-hybridized carbons (Fsp3) is 0.321. The molecule has 1 saturated heterocycles. The van der Waals surface area contributed by atoms with Gasteiger partial charge in [-0.05, 0) is 66.4 Å². The van der Waals surface area contributed by atoms with E-state index in [0.717, 1.165) is 25.1 Å². The Kier molecular flexibility index (Phi) is 7.20. The van der Waals surface area contributed by atoms with E-state index >= 15 is 0 Å². The van der Waals surface area contributed by atoms with E-state index in [-0.39, 0.29) is 10.8 Å². The molecule has 7 nitrogen and oxygen atoms in total. The van der Waals surface area contributed by atoms with Crippen molar-refractivity contribution in [2.75, 3.05) is 38.2 Å². The molecule has 3 aromatic rings. The fourth-order valence-corrected chi connectivity index (χ4v) is 6.29. The van der Waals surface area contributed by atoms with Crippen LogP contribution in [-0.4, -0.2) is 56.4 Å². The van der Waals surface area contributed by atoms with Crippen molar-refractivity contribution < 1.29 is 17.9 Å². The zero-order chi connectivity index (χ0) is 25.1. The van der Waals surface area contributed by atoms with Crippen LogP contribution < -0.4 is 5.32 Å². The first-order valence-electron chi connectivity index (χ1n) is 12.3. The van der Waals surface area contributed by atoms with Gasteiger partial charge in [0.05, 0.1) is 18.1 Å². The predicted octanol–water partition coefficient (Wildman–Crippen LogP) is 4.08. The maximum atomic E-state index is 12.8. The quantitative estimate of drug-likeness (QED) is 0.546. The number of rotatable bonds is 6. The number of benzene rings is 3. The molecule has 5 rings (SSSR count). The molecule has 0 aliphatic carbocycles. The molecule has 2 aliphatic heterocycles. The minimum absolute atomic E-state index is 0.210. The molecule has 0 spiro atoms. The number of amides is 1. The summed E-state index contributed by atoms with van der Waals surface area (Å²) >= 11 is 0. The molecule has 1 atom stereocenters. The van der Waals surface area contributed by atoms with Crippen LogP contribution in [0.1, 0.15) is 40.0 Å². The minimum Gasteiger partial charge on any atom is -0.379 e. The van der Waals surface area contributed by atoms with Gasteiger partial charge < -0.3 is 10.1 Å². The van der Waals surface area contributed by atoms with Crippen LogP contribution >= 0.6 is 0 Å². The fourth-order valence-electron chi connectivity index (χ4n) is 4.89.